The van der Waals surface area contributed by atoms with Gasteiger partial charge in [0.05, 0.1) is 72.0 Å². The number of esters is 3. The molecule has 8 N–H and O–H groups in total. The molecule has 3 aromatic heterocycles. The molecule has 8 aromatic carbocycles. The molecule has 138 heavy (non-hydrogen) atoms. The van der Waals surface area contributed by atoms with Crippen molar-refractivity contribution < 1.29 is 105 Å². The average molecular weight is 1910 g/mol. The molecule has 0 aliphatic carbocycles. The van der Waals surface area contributed by atoms with E-state index in [1.807, 2.05) is 222 Å². The van der Waals surface area contributed by atoms with Gasteiger partial charge in [0.1, 0.15) is 33.5 Å². The van der Waals surface area contributed by atoms with Gasteiger partial charge in [-0.3, -0.25) is 14.4 Å². The van der Waals surface area contributed by atoms with Crippen molar-refractivity contribution in [2.24, 2.45) is 0 Å². The molecule has 0 radical (unpaired) electrons. The second kappa shape index (κ2) is 42.2. The maximum absolute atomic E-state index is 13.2. The molecule has 2 aliphatic heterocycles. The van der Waals surface area contributed by atoms with Crippen LogP contribution in [0.3, 0.4) is 0 Å². The molecule has 3 amide bonds. The number of aliphatic carboxylic acids is 1. The number of nitrogens with two attached hydrogens (primary N) is 1. The number of hydrogen-bond donors (Lipinski definition) is 7. The summed E-state index contributed by atoms with van der Waals surface area (Å²) in [6, 6.07) is 39.6. The summed E-state index contributed by atoms with van der Waals surface area (Å²) < 4.78 is 91.5. The number of phenols is 2. The molecule has 0 bridgehead atoms. The van der Waals surface area contributed by atoms with E-state index in [0.717, 1.165) is 67.4 Å². The van der Waals surface area contributed by atoms with Crippen LogP contribution in [0.4, 0.5) is 35.9 Å². The summed E-state index contributed by atoms with van der Waals surface area (Å²) in [6.45, 7) is 47.8. The Morgan fingerprint density at radius 2 is 0.710 bits per heavy atom. The van der Waals surface area contributed by atoms with E-state index in [1.54, 1.807) is 79.7 Å². The number of carboxylic acids is 1. The number of carbonyl (C=O) groups is 7. The summed E-state index contributed by atoms with van der Waals surface area (Å²) in [5.74, 6) is -3.38. The first-order valence-corrected chi connectivity index (χ1v) is 44.9. The van der Waals surface area contributed by atoms with Gasteiger partial charge in [-0.1, -0.05) is 131 Å². The highest BCUT2D eigenvalue weighted by Gasteiger charge is 2.43. The van der Waals surface area contributed by atoms with Crippen LogP contribution in [0.25, 0.3) is 44.5 Å². The summed E-state index contributed by atoms with van der Waals surface area (Å²) in [4.78, 5) is 103. The number of methoxy groups -OCH3 is 3. The highest BCUT2D eigenvalue weighted by Crippen LogP contribution is 2.54. The lowest BCUT2D eigenvalue weighted by Gasteiger charge is -2.31. The SMILES string of the molecule is COC(=O)[C@@H](OC(C)(C)C)c1c(C)c(N)c(O)c(C)c1-c1ccc(C)cc1.COC(=O)[C@@H](OC(C)(C)C)c1c(C)c(NC(=O)c2ccc(C(F)(F)F)nc2Cl)c(O)c(C)c1-c1ccc(C)cc1.COC(=O)[C@@H](OC(C)(C)C)c1c(C)c2c(c(C)c1-c1ccc(C)cc1)Oc1nc(C)ccc1C(=O)N2.Cc1ccc(-c2c(C)c3c(c(C)c2[C@H](OC(C)(C)C)C(=O)O)NC(=O)c2ccc(C)nc2O3)cc1. The van der Waals surface area contributed by atoms with Crippen LogP contribution in [0.5, 0.6) is 34.8 Å². The highest BCUT2D eigenvalue weighted by atomic mass is 35.5. The summed E-state index contributed by atoms with van der Waals surface area (Å²) in [5, 5.41) is 39.9. The van der Waals surface area contributed by atoms with E-state index in [0.29, 0.717) is 118 Å². The Hall–Kier alpha value is -13.6. The number of anilines is 4. The zero-order valence-electron chi connectivity index (χ0n) is 83.3. The topological polar surface area (TPSA) is 364 Å². The number of hydrogen-bond acceptors (Lipinski definition) is 22. The maximum atomic E-state index is 13.2. The number of benzene rings is 8. The highest BCUT2D eigenvalue weighted by molar-refractivity contribution is 6.33. The van der Waals surface area contributed by atoms with Gasteiger partial charge in [-0.15, -0.1) is 0 Å². The van der Waals surface area contributed by atoms with Crippen LogP contribution in [0.1, 0.15) is 245 Å². The van der Waals surface area contributed by atoms with Crippen molar-refractivity contribution in [2.75, 3.05) is 43.0 Å². The molecule has 0 fully saturated rings. The van der Waals surface area contributed by atoms with Gasteiger partial charge >= 0.3 is 30.1 Å². The Kier molecular flexibility index (Phi) is 32.5. The molecule has 730 valence electrons. The van der Waals surface area contributed by atoms with Gasteiger partial charge in [-0.25, -0.2) is 34.1 Å². The van der Waals surface area contributed by atoms with E-state index < -0.39 is 93.6 Å². The standard InChI is InChI=1S/C29H30ClF3N2O5.C29H32N2O5.C28H30N2O5.C22H29NO4/c1-14-8-10-17(11-9-14)20-16(3)23(36)22(15(2)21(20)24(27(38)39-7)40-28(4,5)6)35-26(37)18-12-13-19(29(31,32)33)34-25(18)30;1-15-9-12-19(13-10-15)21-18(4)24-23(31-26(32)20-14-11-16(2)30-27(20)35-24)17(3)22(21)25(28(33)34-8)36-29(5,6)7;1-14-8-11-18(12-9-14)20-17(4)23-22(16(3)21(20)24(27(32)33)35-28(5,6)7)30-25(31)19-13-10-15(2)29-26(19)34-23;1-12-8-10-15(11-9-12)16-14(3)19(24)18(23)13(2)17(16)20(21(25)26-7)27-22(4,5)6/h8-13,24,36H,1-7H3,(H,35,37);9-14,25H,1-8H3,(H,31,32);8-13,24H,1-7H3,(H,30,31)(H,32,33);8-11,20,24H,23H2,1-7H3/t24-;25-;24-;20-/m0000/s1. The number of alkyl halides is 3. The normalized spacial score (nSPS) is 13.2. The van der Waals surface area contributed by atoms with Crippen molar-refractivity contribution >= 4 is 75.9 Å². The fourth-order valence-corrected chi connectivity index (χ4v) is 16.4. The van der Waals surface area contributed by atoms with Crippen LogP contribution >= 0.6 is 11.6 Å². The number of carbonyl (C=O) groups excluding carboxylic acids is 6. The third kappa shape index (κ3) is 24.1. The molecule has 0 saturated heterocycles. The average Bonchev–Trinajstić information content (AvgIpc) is 1.39. The maximum Gasteiger partial charge on any atom is 0.433 e. The third-order valence-corrected chi connectivity index (χ3v) is 23.1. The minimum atomic E-state index is -4.75. The van der Waals surface area contributed by atoms with Gasteiger partial charge in [0.25, 0.3) is 17.7 Å². The molecule has 5 heterocycles. The number of aryl methyl sites for hydroxylation is 6. The van der Waals surface area contributed by atoms with E-state index in [9.17, 15) is 62.1 Å². The molecule has 30 heteroatoms. The molecule has 2 aliphatic rings. The molecule has 0 unspecified atom stereocenters. The van der Waals surface area contributed by atoms with Crippen molar-refractivity contribution in [1.29, 1.82) is 0 Å². The number of nitrogens with one attached hydrogen (secondary N) is 3. The van der Waals surface area contributed by atoms with E-state index in [1.165, 1.54) is 21.3 Å². The summed E-state index contributed by atoms with van der Waals surface area (Å²) in [7, 11) is 3.89. The molecular weight excluding hydrogens is 1790 g/mol. The quantitative estimate of drug-likeness (QED) is 0.0138. The fourth-order valence-electron chi connectivity index (χ4n) is 16.1. The molecule has 0 spiro atoms. The van der Waals surface area contributed by atoms with E-state index >= 15 is 0 Å². The van der Waals surface area contributed by atoms with Gasteiger partial charge in [-0.2, -0.15) is 13.2 Å². The molecule has 0 saturated carbocycles. The Bertz CT molecular complexity index is 6550. The predicted octanol–water partition coefficient (Wildman–Crippen LogP) is 24.6. The predicted molar refractivity (Wildman–Crippen MR) is 526 cm³/mol. The number of amides is 3. The number of fused-ring (bicyclic) bond motifs is 4. The van der Waals surface area contributed by atoms with Crippen LogP contribution in [0.2, 0.25) is 5.15 Å². The summed E-state index contributed by atoms with van der Waals surface area (Å²) in [5.41, 5.74) is 21.8. The fraction of sp³-hybridized carbons (Fsp3) is 0.352. The lowest BCUT2D eigenvalue weighted by Crippen LogP contribution is -2.29. The Morgan fingerprint density at radius 1 is 0.406 bits per heavy atom. The van der Waals surface area contributed by atoms with Crippen molar-refractivity contribution in [1.82, 2.24) is 15.0 Å². The zero-order valence-corrected chi connectivity index (χ0v) is 84.1. The first-order valence-electron chi connectivity index (χ1n) is 44.5. The Balaban J connectivity index is 0.000000191. The number of nitrogens with zero attached hydrogens (tertiary/aromatic N) is 3. The first kappa shape index (κ1) is 106. The van der Waals surface area contributed by atoms with Gasteiger partial charge in [-0.05, 0) is 283 Å². The molecule has 26 nitrogen and oxygen atoms in total. The zero-order chi connectivity index (χ0) is 103. The van der Waals surface area contributed by atoms with Crippen LogP contribution < -0.4 is 31.2 Å². The number of ether oxygens (including phenoxy) is 9. The van der Waals surface area contributed by atoms with E-state index in [2.05, 4.69) is 30.9 Å². The van der Waals surface area contributed by atoms with Crippen molar-refractivity contribution in [3.63, 3.8) is 0 Å². The first-order chi connectivity index (χ1) is 64.2. The van der Waals surface area contributed by atoms with Crippen molar-refractivity contribution in [3.8, 4) is 79.3 Å². The number of halogens is 4. The minimum Gasteiger partial charge on any atom is -0.505 e. The van der Waals surface area contributed by atoms with Gasteiger partial charge in [0.2, 0.25) is 11.8 Å². The number of nitrogen functional groups attached to an aromatic ring is 1. The van der Waals surface area contributed by atoms with Crippen molar-refractivity contribution in [3.05, 3.63) is 261 Å². The van der Waals surface area contributed by atoms with Crippen molar-refractivity contribution in [2.45, 2.75) is 233 Å². The number of aromatic hydroxyl groups is 2. The lowest BCUT2D eigenvalue weighted by molar-refractivity contribution is -0.164. The van der Waals surface area contributed by atoms with Crippen LogP contribution in [-0.4, -0.2) is 116 Å². The van der Waals surface area contributed by atoms with Crippen LogP contribution in [0, 0.1) is 96.9 Å². The minimum absolute atomic E-state index is 0.0196. The van der Waals surface area contributed by atoms with Crippen LogP contribution in [0.15, 0.2) is 133 Å². The van der Waals surface area contributed by atoms with E-state index in [-0.39, 0.29) is 57.6 Å². The number of rotatable bonds is 18. The third-order valence-electron chi connectivity index (χ3n) is 22.8. The second-order valence-corrected chi connectivity index (χ2v) is 38.4. The number of carboxylic acid groups (broad SMARTS) is 1. The summed E-state index contributed by atoms with van der Waals surface area (Å²) in [6.07, 6.45) is -9.27. The lowest BCUT2D eigenvalue weighted by atomic mass is 9.86. The summed E-state index contributed by atoms with van der Waals surface area (Å²) >= 11 is 5.92. The molecular formula is C108H121ClF3N7O19. The number of pyridine rings is 3. The van der Waals surface area contributed by atoms with Crippen LogP contribution in [-0.2, 0) is 58.5 Å². The number of phenolic OH excluding ortho intramolecular Hbond substituents is 2. The molecule has 11 aromatic rings. The Labute approximate surface area is 807 Å². The second-order valence-electron chi connectivity index (χ2n) is 38.1. The van der Waals surface area contributed by atoms with E-state index in [4.69, 9.17) is 60.0 Å². The van der Waals surface area contributed by atoms with Gasteiger partial charge < -0.3 is 79.6 Å². The molecule has 4 atom stereocenters. The van der Waals surface area contributed by atoms with Gasteiger partial charge in [0.15, 0.2) is 35.9 Å². The monoisotopic (exact) mass is 1910 g/mol. The van der Waals surface area contributed by atoms with Gasteiger partial charge in [0, 0.05) is 55.9 Å². The largest absolute Gasteiger partial charge is 0.505 e. The Morgan fingerprint density at radius 3 is 1.02 bits per heavy atom. The molecule has 13 rings (SSSR count). The number of aromatic nitrogens is 3. The smallest absolute Gasteiger partial charge is 0.433 e.